The van der Waals surface area contributed by atoms with Crippen molar-refractivity contribution in [1.29, 1.82) is 0 Å². The number of allylic oxidation sites excluding steroid dienone is 2. The fourth-order valence-electron chi connectivity index (χ4n) is 0.990. The summed E-state index contributed by atoms with van der Waals surface area (Å²) in [6.45, 7) is 1.42. The van der Waals surface area contributed by atoms with E-state index in [0.29, 0.717) is 0 Å². The van der Waals surface area contributed by atoms with E-state index in [9.17, 15) is 4.79 Å². The lowest BCUT2D eigenvalue weighted by Gasteiger charge is -2.24. The molecule has 1 rings (SSSR count). The van der Waals surface area contributed by atoms with Crippen molar-refractivity contribution < 1.29 is 9.90 Å². The first-order valence-electron chi connectivity index (χ1n) is 3.42. The average Bonchev–Trinajstić information content (AvgIpc) is 1.86. The van der Waals surface area contributed by atoms with Gasteiger partial charge < -0.3 is 10.8 Å². The van der Waals surface area contributed by atoms with E-state index in [4.69, 9.17) is 10.8 Å². The van der Waals surface area contributed by atoms with Crippen molar-refractivity contribution in [1.82, 2.24) is 0 Å². The van der Waals surface area contributed by atoms with Crippen LogP contribution in [0.1, 0.15) is 13.3 Å². The molecule has 0 spiro atoms. The monoisotopic (exact) mass is 153 g/mol. The van der Waals surface area contributed by atoms with Gasteiger partial charge in [-0.25, -0.2) is 0 Å². The molecule has 0 aromatic heterocycles. The number of rotatable bonds is 1. The number of Topliss-reactive ketones (excluding diaryl/α,β-unsaturated/α-hetero) is 1. The SMILES string of the molecule is CC(=O)C1(N)C=CC=C(O)C1. The molecule has 0 fully saturated rings. The zero-order valence-electron chi connectivity index (χ0n) is 6.37. The van der Waals surface area contributed by atoms with E-state index in [2.05, 4.69) is 0 Å². The second-order valence-corrected chi connectivity index (χ2v) is 2.79. The fraction of sp³-hybridized carbons (Fsp3) is 0.375. The van der Waals surface area contributed by atoms with Gasteiger partial charge in [-0.3, -0.25) is 4.79 Å². The van der Waals surface area contributed by atoms with Crippen LogP contribution in [0.4, 0.5) is 0 Å². The Balaban J connectivity index is 2.86. The molecule has 60 valence electrons. The van der Waals surface area contributed by atoms with Crippen molar-refractivity contribution >= 4 is 5.78 Å². The van der Waals surface area contributed by atoms with Gasteiger partial charge in [0.1, 0.15) is 5.54 Å². The highest BCUT2D eigenvalue weighted by Crippen LogP contribution is 2.19. The Morgan fingerprint density at radius 1 is 1.82 bits per heavy atom. The standard InChI is InChI=1S/C8H11NO2/c1-6(10)8(9)4-2-3-7(11)5-8/h2-4,11H,5,9H2,1H3. The van der Waals surface area contributed by atoms with Gasteiger partial charge in [0.15, 0.2) is 5.78 Å². The summed E-state index contributed by atoms with van der Waals surface area (Å²) >= 11 is 0. The molecule has 0 bridgehead atoms. The summed E-state index contributed by atoms with van der Waals surface area (Å²) < 4.78 is 0. The lowest BCUT2D eigenvalue weighted by Crippen LogP contribution is -2.45. The first-order valence-corrected chi connectivity index (χ1v) is 3.42. The maximum absolute atomic E-state index is 11.0. The Bertz CT molecular complexity index is 242. The van der Waals surface area contributed by atoms with Crippen molar-refractivity contribution in [3.63, 3.8) is 0 Å². The lowest BCUT2D eigenvalue weighted by molar-refractivity contribution is -0.120. The lowest BCUT2D eigenvalue weighted by atomic mass is 9.88. The highest BCUT2D eigenvalue weighted by molar-refractivity contribution is 5.88. The highest BCUT2D eigenvalue weighted by Gasteiger charge is 2.30. The van der Waals surface area contributed by atoms with Gasteiger partial charge in [-0.2, -0.15) is 0 Å². The van der Waals surface area contributed by atoms with Crippen molar-refractivity contribution in [2.24, 2.45) is 5.73 Å². The maximum atomic E-state index is 11.0. The normalized spacial score (nSPS) is 29.8. The van der Waals surface area contributed by atoms with E-state index in [1.165, 1.54) is 13.0 Å². The zero-order valence-corrected chi connectivity index (χ0v) is 6.37. The van der Waals surface area contributed by atoms with E-state index in [1.807, 2.05) is 0 Å². The summed E-state index contributed by atoms with van der Waals surface area (Å²) in [5, 5.41) is 9.07. The van der Waals surface area contributed by atoms with E-state index < -0.39 is 5.54 Å². The van der Waals surface area contributed by atoms with Crippen molar-refractivity contribution in [2.75, 3.05) is 0 Å². The summed E-state index contributed by atoms with van der Waals surface area (Å²) in [6.07, 6.45) is 4.95. The number of nitrogens with two attached hydrogens (primary N) is 1. The molecule has 0 aromatic carbocycles. The maximum Gasteiger partial charge on any atom is 0.153 e. The summed E-state index contributed by atoms with van der Waals surface area (Å²) in [5.41, 5.74) is 4.67. The third kappa shape index (κ3) is 1.49. The Morgan fingerprint density at radius 2 is 2.45 bits per heavy atom. The molecule has 1 aliphatic rings. The van der Waals surface area contributed by atoms with Crippen molar-refractivity contribution in [3.05, 3.63) is 24.0 Å². The predicted molar refractivity (Wildman–Crippen MR) is 42.1 cm³/mol. The largest absolute Gasteiger partial charge is 0.512 e. The second kappa shape index (κ2) is 2.51. The van der Waals surface area contributed by atoms with Gasteiger partial charge in [-0.05, 0) is 13.0 Å². The molecular formula is C8H11NO2. The van der Waals surface area contributed by atoms with Gasteiger partial charge in [0.05, 0.1) is 5.76 Å². The molecule has 0 aliphatic heterocycles. The van der Waals surface area contributed by atoms with Crippen LogP contribution in [-0.2, 0) is 4.79 Å². The first-order chi connectivity index (χ1) is 5.04. The van der Waals surface area contributed by atoms with Crippen molar-refractivity contribution in [3.8, 4) is 0 Å². The number of carbonyl (C=O) groups is 1. The van der Waals surface area contributed by atoms with Gasteiger partial charge in [-0.1, -0.05) is 12.2 Å². The Hall–Kier alpha value is -1.09. The van der Waals surface area contributed by atoms with E-state index in [0.717, 1.165) is 0 Å². The quantitative estimate of drug-likeness (QED) is 0.582. The number of aliphatic hydroxyl groups excluding tert-OH is 1. The van der Waals surface area contributed by atoms with Crippen LogP contribution < -0.4 is 5.73 Å². The van der Waals surface area contributed by atoms with E-state index in [-0.39, 0.29) is 18.0 Å². The molecule has 0 amide bonds. The summed E-state index contributed by atoms with van der Waals surface area (Å²) in [7, 11) is 0. The number of ketones is 1. The predicted octanol–water partition coefficient (Wildman–Crippen LogP) is 0.675. The van der Waals surface area contributed by atoms with Crippen LogP contribution in [0.5, 0.6) is 0 Å². The highest BCUT2D eigenvalue weighted by atomic mass is 16.3. The van der Waals surface area contributed by atoms with Gasteiger partial charge >= 0.3 is 0 Å². The third-order valence-corrected chi connectivity index (χ3v) is 1.81. The van der Waals surface area contributed by atoms with E-state index >= 15 is 0 Å². The van der Waals surface area contributed by atoms with Crippen LogP contribution in [0.3, 0.4) is 0 Å². The molecule has 0 heterocycles. The number of hydrogen-bond donors (Lipinski definition) is 2. The molecule has 3 nitrogen and oxygen atoms in total. The van der Waals surface area contributed by atoms with E-state index in [1.54, 1.807) is 12.2 Å². The minimum Gasteiger partial charge on any atom is -0.512 e. The van der Waals surface area contributed by atoms with Crippen LogP contribution >= 0.6 is 0 Å². The number of carbonyl (C=O) groups excluding carboxylic acids is 1. The molecule has 0 radical (unpaired) electrons. The molecule has 11 heavy (non-hydrogen) atoms. The first kappa shape index (κ1) is 8.01. The molecule has 3 N–H and O–H groups in total. The Kier molecular flexibility index (Phi) is 1.83. The minimum atomic E-state index is -0.987. The molecule has 0 aromatic rings. The Labute approximate surface area is 65.2 Å². The summed E-state index contributed by atoms with van der Waals surface area (Å²) in [6, 6.07) is 0. The second-order valence-electron chi connectivity index (χ2n) is 2.79. The Morgan fingerprint density at radius 3 is 2.82 bits per heavy atom. The molecule has 1 atom stereocenters. The summed E-state index contributed by atoms with van der Waals surface area (Å²) in [5.74, 6) is 0.0265. The van der Waals surface area contributed by atoms with Gasteiger partial charge in [0.25, 0.3) is 0 Å². The molecule has 1 unspecified atom stereocenters. The van der Waals surface area contributed by atoms with Crippen LogP contribution in [0.25, 0.3) is 0 Å². The molecule has 3 heteroatoms. The topological polar surface area (TPSA) is 63.3 Å². The number of hydrogen-bond acceptors (Lipinski definition) is 3. The van der Waals surface area contributed by atoms with Crippen LogP contribution in [0.15, 0.2) is 24.0 Å². The van der Waals surface area contributed by atoms with Crippen LogP contribution in [0, 0.1) is 0 Å². The molecule has 0 saturated carbocycles. The molecular weight excluding hydrogens is 142 g/mol. The summed E-state index contributed by atoms with van der Waals surface area (Å²) in [4.78, 5) is 11.0. The number of aliphatic hydroxyl groups is 1. The zero-order chi connectivity index (χ0) is 8.48. The average molecular weight is 153 g/mol. The smallest absolute Gasteiger partial charge is 0.153 e. The molecule has 0 saturated heterocycles. The van der Waals surface area contributed by atoms with Gasteiger partial charge in [-0.15, -0.1) is 0 Å². The van der Waals surface area contributed by atoms with Gasteiger partial charge in [0.2, 0.25) is 0 Å². The molecule has 1 aliphatic carbocycles. The third-order valence-electron chi connectivity index (χ3n) is 1.81. The fourth-order valence-corrected chi connectivity index (χ4v) is 0.990. The van der Waals surface area contributed by atoms with Crippen molar-refractivity contribution in [2.45, 2.75) is 18.9 Å². The van der Waals surface area contributed by atoms with Crippen LogP contribution in [-0.4, -0.2) is 16.4 Å². The van der Waals surface area contributed by atoms with Gasteiger partial charge in [0, 0.05) is 6.42 Å². The minimum absolute atomic E-state index is 0.131. The van der Waals surface area contributed by atoms with Crippen LogP contribution in [0.2, 0.25) is 0 Å².